The molecule has 0 saturated carbocycles. The minimum Gasteiger partial charge on any atom is -0.493 e. The van der Waals surface area contributed by atoms with Gasteiger partial charge >= 0.3 is 0 Å². The Labute approximate surface area is 172 Å². The first-order valence-electron chi connectivity index (χ1n) is 9.19. The van der Waals surface area contributed by atoms with Crippen LogP contribution < -0.4 is 15.4 Å². The molecule has 7 heteroatoms. The molecule has 3 rings (SSSR count). The Morgan fingerprint density at radius 3 is 3.04 bits per heavy atom. The first-order valence-corrected chi connectivity index (χ1v) is 9.19. The molecular weight excluding hydrogens is 443 g/mol. The van der Waals surface area contributed by atoms with Crippen LogP contribution in [0.4, 0.5) is 0 Å². The van der Waals surface area contributed by atoms with E-state index in [1.54, 1.807) is 7.05 Å². The average molecular weight is 472 g/mol. The lowest BCUT2D eigenvalue weighted by Gasteiger charge is -2.18. The van der Waals surface area contributed by atoms with Crippen molar-refractivity contribution in [3.05, 3.63) is 29.3 Å². The number of fused-ring (bicyclic) bond motifs is 1. The van der Waals surface area contributed by atoms with Crippen molar-refractivity contribution in [3.8, 4) is 5.75 Å². The lowest BCUT2D eigenvalue weighted by atomic mass is 10.1. The van der Waals surface area contributed by atoms with Crippen molar-refractivity contribution in [2.75, 3.05) is 33.3 Å². The fourth-order valence-electron chi connectivity index (χ4n) is 3.44. The van der Waals surface area contributed by atoms with Crippen LogP contribution in [0.25, 0.3) is 0 Å². The summed E-state index contributed by atoms with van der Waals surface area (Å²) >= 11 is 0. The number of benzene rings is 1. The van der Waals surface area contributed by atoms with E-state index in [-0.39, 0.29) is 35.9 Å². The largest absolute Gasteiger partial charge is 0.493 e. The number of carbonyl (C=O) groups excluding carboxylic acids is 1. The predicted molar refractivity (Wildman–Crippen MR) is 115 cm³/mol. The highest BCUT2D eigenvalue weighted by atomic mass is 127. The average Bonchev–Trinajstić information content (AvgIpc) is 3.28. The standard InChI is InChI=1S/C19H28N4O2.HI/c1-3-18(24)23-10-7-16(13-23)22-19(20-2)21-9-6-14-4-5-17-15(12-14)8-11-25-17;/h4-5,12,16H,3,6-11,13H2,1-2H3,(H2,20,21,22);1H. The maximum atomic E-state index is 11.8. The molecule has 1 saturated heterocycles. The van der Waals surface area contributed by atoms with Crippen molar-refractivity contribution < 1.29 is 9.53 Å². The van der Waals surface area contributed by atoms with Crippen molar-refractivity contribution in [3.63, 3.8) is 0 Å². The van der Waals surface area contributed by atoms with Gasteiger partial charge in [-0.05, 0) is 30.0 Å². The molecule has 0 bridgehead atoms. The molecule has 2 aliphatic heterocycles. The summed E-state index contributed by atoms with van der Waals surface area (Å²) in [4.78, 5) is 18.0. The van der Waals surface area contributed by atoms with Crippen LogP contribution in [-0.2, 0) is 17.6 Å². The van der Waals surface area contributed by atoms with Gasteiger partial charge in [0.05, 0.1) is 6.61 Å². The molecule has 144 valence electrons. The fraction of sp³-hybridized carbons (Fsp3) is 0.579. The lowest BCUT2D eigenvalue weighted by molar-refractivity contribution is -0.129. The maximum absolute atomic E-state index is 11.8. The summed E-state index contributed by atoms with van der Waals surface area (Å²) in [6.45, 7) is 5.13. The molecule has 6 nitrogen and oxygen atoms in total. The molecule has 1 unspecified atom stereocenters. The number of hydrogen-bond donors (Lipinski definition) is 2. The number of nitrogens with zero attached hydrogens (tertiary/aromatic N) is 2. The van der Waals surface area contributed by atoms with E-state index in [0.717, 1.165) is 57.2 Å². The first kappa shape index (κ1) is 20.8. The minimum absolute atomic E-state index is 0. The van der Waals surface area contributed by atoms with E-state index >= 15 is 0 Å². The zero-order chi connectivity index (χ0) is 17.6. The Bertz CT molecular complexity index is 650. The number of guanidine groups is 1. The summed E-state index contributed by atoms with van der Waals surface area (Å²) in [5, 5.41) is 6.80. The van der Waals surface area contributed by atoms with Crippen molar-refractivity contribution >= 4 is 35.8 Å². The Hall–Kier alpha value is -1.51. The van der Waals surface area contributed by atoms with Gasteiger partial charge in [-0.15, -0.1) is 24.0 Å². The molecule has 1 aromatic carbocycles. The third-order valence-electron chi connectivity index (χ3n) is 4.87. The third-order valence-corrected chi connectivity index (χ3v) is 4.87. The predicted octanol–water partition coefficient (Wildman–Crippen LogP) is 1.96. The Morgan fingerprint density at radius 2 is 2.27 bits per heavy atom. The molecule has 26 heavy (non-hydrogen) atoms. The second-order valence-corrected chi connectivity index (χ2v) is 6.61. The van der Waals surface area contributed by atoms with E-state index < -0.39 is 0 Å². The van der Waals surface area contributed by atoms with Gasteiger partial charge in [-0.3, -0.25) is 9.79 Å². The highest BCUT2D eigenvalue weighted by Crippen LogP contribution is 2.25. The van der Waals surface area contributed by atoms with Crippen molar-refractivity contribution in [2.24, 2.45) is 4.99 Å². The molecule has 1 aromatic rings. The summed E-state index contributed by atoms with van der Waals surface area (Å²) in [6.07, 6.45) is 3.50. The summed E-state index contributed by atoms with van der Waals surface area (Å²) in [6, 6.07) is 6.72. The smallest absolute Gasteiger partial charge is 0.222 e. The van der Waals surface area contributed by atoms with Crippen LogP contribution in [-0.4, -0.2) is 56.1 Å². The van der Waals surface area contributed by atoms with Crippen LogP contribution in [0, 0.1) is 0 Å². The number of rotatable bonds is 5. The van der Waals surface area contributed by atoms with E-state index in [4.69, 9.17) is 4.74 Å². The number of amides is 1. The second-order valence-electron chi connectivity index (χ2n) is 6.61. The van der Waals surface area contributed by atoms with E-state index in [1.807, 2.05) is 11.8 Å². The van der Waals surface area contributed by atoms with Crippen LogP contribution in [0.15, 0.2) is 23.2 Å². The van der Waals surface area contributed by atoms with Gasteiger partial charge < -0.3 is 20.3 Å². The zero-order valence-corrected chi connectivity index (χ0v) is 17.9. The zero-order valence-electron chi connectivity index (χ0n) is 15.6. The molecule has 0 radical (unpaired) electrons. The summed E-state index contributed by atoms with van der Waals surface area (Å²) in [5.74, 6) is 2.06. The number of hydrogen-bond acceptors (Lipinski definition) is 3. The molecule has 2 N–H and O–H groups in total. The van der Waals surface area contributed by atoms with Gasteiger partial charge in [-0.2, -0.15) is 0 Å². The van der Waals surface area contributed by atoms with E-state index in [2.05, 4.69) is 33.8 Å². The van der Waals surface area contributed by atoms with Gasteiger partial charge in [0.25, 0.3) is 0 Å². The van der Waals surface area contributed by atoms with Crippen molar-refractivity contribution in [2.45, 2.75) is 38.6 Å². The molecule has 2 aliphatic rings. The molecule has 0 spiro atoms. The second kappa shape index (κ2) is 9.99. The summed E-state index contributed by atoms with van der Waals surface area (Å²) in [5.41, 5.74) is 2.62. The summed E-state index contributed by atoms with van der Waals surface area (Å²) in [7, 11) is 1.78. The van der Waals surface area contributed by atoms with Gasteiger partial charge in [0, 0.05) is 45.6 Å². The molecule has 1 fully saturated rings. The summed E-state index contributed by atoms with van der Waals surface area (Å²) < 4.78 is 5.55. The number of likely N-dealkylation sites (tertiary alicyclic amines) is 1. The van der Waals surface area contributed by atoms with Crippen LogP contribution in [0.2, 0.25) is 0 Å². The number of halogens is 1. The van der Waals surface area contributed by atoms with Gasteiger partial charge in [0.2, 0.25) is 5.91 Å². The van der Waals surface area contributed by atoms with E-state index in [9.17, 15) is 4.79 Å². The monoisotopic (exact) mass is 472 g/mol. The topological polar surface area (TPSA) is 66.0 Å². The highest BCUT2D eigenvalue weighted by molar-refractivity contribution is 14.0. The Kier molecular flexibility index (Phi) is 7.99. The quantitative estimate of drug-likeness (QED) is 0.391. The van der Waals surface area contributed by atoms with Crippen molar-refractivity contribution in [1.29, 1.82) is 0 Å². The Morgan fingerprint density at radius 1 is 1.42 bits per heavy atom. The van der Waals surface area contributed by atoms with Gasteiger partial charge in [0.1, 0.15) is 5.75 Å². The molecule has 1 atom stereocenters. The Balaban J connectivity index is 0.00000243. The molecule has 0 aromatic heterocycles. The van der Waals surface area contributed by atoms with Crippen LogP contribution >= 0.6 is 24.0 Å². The highest BCUT2D eigenvalue weighted by Gasteiger charge is 2.25. The van der Waals surface area contributed by atoms with Gasteiger partial charge in [0.15, 0.2) is 5.96 Å². The molecule has 0 aliphatic carbocycles. The number of aliphatic imine (C=N–C) groups is 1. The minimum atomic E-state index is 0. The van der Waals surface area contributed by atoms with Gasteiger partial charge in [-0.25, -0.2) is 0 Å². The van der Waals surface area contributed by atoms with Crippen LogP contribution in [0.3, 0.4) is 0 Å². The molecule has 1 amide bonds. The van der Waals surface area contributed by atoms with E-state index in [0.29, 0.717) is 6.42 Å². The number of ether oxygens (including phenoxy) is 1. The fourth-order valence-corrected chi connectivity index (χ4v) is 3.44. The third kappa shape index (κ3) is 5.25. The molecular formula is C19H29IN4O2. The van der Waals surface area contributed by atoms with Crippen LogP contribution in [0.5, 0.6) is 5.75 Å². The van der Waals surface area contributed by atoms with Gasteiger partial charge in [-0.1, -0.05) is 19.1 Å². The van der Waals surface area contributed by atoms with E-state index in [1.165, 1.54) is 11.1 Å². The SMILES string of the molecule is CCC(=O)N1CCC(NC(=NC)NCCc2ccc3c(c2)CCO3)C1.I. The normalized spacial score (nSPS) is 18.8. The van der Waals surface area contributed by atoms with Crippen molar-refractivity contribution in [1.82, 2.24) is 15.5 Å². The molecule has 2 heterocycles. The lowest BCUT2D eigenvalue weighted by Crippen LogP contribution is -2.45. The maximum Gasteiger partial charge on any atom is 0.222 e. The number of carbonyl (C=O) groups is 1. The van der Waals surface area contributed by atoms with Crippen LogP contribution in [0.1, 0.15) is 30.9 Å². The first-order chi connectivity index (χ1) is 12.2. The number of nitrogens with one attached hydrogen (secondary N) is 2.